The molecule has 21 heavy (non-hydrogen) atoms. The summed E-state index contributed by atoms with van der Waals surface area (Å²) in [6.45, 7) is 0. The molecule has 1 aromatic heterocycles. The summed E-state index contributed by atoms with van der Waals surface area (Å²) in [4.78, 5) is 0. The number of fused-ring (bicyclic) bond motifs is 5. The third-order valence-corrected chi connectivity index (χ3v) is 3.98. The first kappa shape index (κ1) is 12.7. The molecule has 0 aliphatic carbocycles. The Morgan fingerprint density at radius 3 is 2.38 bits per heavy atom. The van der Waals surface area contributed by atoms with Crippen molar-refractivity contribution < 1.29 is 14.5 Å². The van der Waals surface area contributed by atoms with Gasteiger partial charge in [-0.05, 0) is 40.5 Å². The monoisotopic (exact) mass is 296 g/mol. The first-order chi connectivity index (χ1) is 10.1. The third-order valence-electron chi connectivity index (χ3n) is 3.75. The van der Waals surface area contributed by atoms with E-state index in [0.717, 1.165) is 27.1 Å². The molecule has 0 fully saturated rings. The van der Waals surface area contributed by atoms with E-state index in [9.17, 15) is 10.0 Å². The molecule has 0 saturated heterocycles. The Hall–Kier alpha value is -2.01. The summed E-state index contributed by atoms with van der Waals surface area (Å²) in [7, 11) is -1.55. The average Bonchev–Trinajstić information content (AvgIpc) is 2.84. The molecule has 2 N–H and O–H groups in total. The van der Waals surface area contributed by atoms with E-state index in [0.29, 0.717) is 16.1 Å². The molecule has 0 atom stereocenters. The van der Waals surface area contributed by atoms with Crippen LogP contribution in [0.5, 0.6) is 0 Å². The normalized spacial score (nSPS) is 11.6. The third kappa shape index (κ3) is 1.84. The summed E-state index contributed by atoms with van der Waals surface area (Å²) >= 11 is 6.09. The predicted octanol–water partition coefficient (Wildman–Crippen LogP) is 3.07. The Morgan fingerprint density at radius 2 is 1.62 bits per heavy atom. The minimum atomic E-state index is -1.55. The predicted molar refractivity (Wildman–Crippen MR) is 86.1 cm³/mol. The second-order valence-electron chi connectivity index (χ2n) is 5.00. The molecule has 0 amide bonds. The van der Waals surface area contributed by atoms with Crippen LogP contribution >= 0.6 is 11.6 Å². The van der Waals surface area contributed by atoms with E-state index in [1.807, 2.05) is 36.4 Å². The van der Waals surface area contributed by atoms with E-state index in [4.69, 9.17) is 16.0 Å². The van der Waals surface area contributed by atoms with E-state index < -0.39 is 7.12 Å². The molecule has 0 unspecified atom stereocenters. The van der Waals surface area contributed by atoms with Gasteiger partial charge in [0, 0.05) is 15.8 Å². The lowest BCUT2D eigenvalue weighted by atomic mass is 9.76. The molecule has 3 nitrogen and oxygen atoms in total. The number of furan rings is 1. The van der Waals surface area contributed by atoms with Gasteiger partial charge in [-0.25, -0.2) is 0 Å². The molecule has 0 saturated carbocycles. The van der Waals surface area contributed by atoms with Gasteiger partial charge >= 0.3 is 7.12 Å². The van der Waals surface area contributed by atoms with Crippen LogP contribution in [-0.4, -0.2) is 17.2 Å². The van der Waals surface area contributed by atoms with E-state index in [-0.39, 0.29) is 0 Å². The van der Waals surface area contributed by atoms with Crippen molar-refractivity contribution in [2.45, 2.75) is 0 Å². The standard InChI is InChI=1S/C16H10BClO3/c18-9-5-6-14-12(7-9)16-11-4-2-1-3-10(11)13(17(19)20)8-15(16)21-14/h1-8,19-20H. The van der Waals surface area contributed by atoms with Gasteiger partial charge in [0.25, 0.3) is 0 Å². The molecular formula is C16H10BClO3. The zero-order chi connectivity index (χ0) is 14.6. The van der Waals surface area contributed by atoms with Gasteiger partial charge in [-0.15, -0.1) is 0 Å². The van der Waals surface area contributed by atoms with Crippen LogP contribution in [0.3, 0.4) is 0 Å². The van der Waals surface area contributed by atoms with Crippen molar-refractivity contribution in [2.75, 3.05) is 0 Å². The fourth-order valence-corrected chi connectivity index (χ4v) is 3.03. The molecule has 4 rings (SSSR count). The van der Waals surface area contributed by atoms with Crippen LogP contribution in [0.4, 0.5) is 0 Å². The van der Waals surface area contributed by atoms with Crippen molar-refractivity contribution in [1.82, 2.24) is 0 Å². The van der Waals surface area contributed by atoms with Crippen LogP contribution in [0.2, 0.25) is 5.02 Å². The number of hydrogen-bond acceptors (Lipinski definition) is 3. The molecule has 4 aromatic rings. The van der Waals surface area contributed by atoms with Gasteiger partial charge in [-0.2, -0.15) is 0 Å². The minimum Gasteiger partial charge on any atom is -0.456 e. The number of hydrogen-bond donors (Lipinski definition) is 2. The van der Waals surface area contributed by atoms with Crippen LogP contribution in [0, 0.1) is 0 Å². The first-order valence-corrected chi connectivity index (χ1v) is 6.92. The largest absolute Gasteiger partial charge is 0.489 e. The van der Waals surface area contributed by atoms with Crippen LogP contribution in [-0.2, 0) is 0 Å². The highest BCUT2D eigenvalue weighted by molar-refractivity contribution is 6.62. The zero-order valence-corrected chi connectivity index (χ0v) is 11.6. The molecule has 3 aromatic carbocycles. The molecule has 0 bridgehead atoms. The molecule has 5 heteroatoms. The van der Waals surface area contributed by atoms with Crippen molar-refractivity contribution in [1.29, 1.82) is 0 Å². The molecule has 102 valence electrons. The van der Waals surface area contributed by atoms with Crippen LogP contribution in [0.15, 0.2) is 52.9 Å². The van der Waals surface area contributed by atoms with E-state index in [1.165, 1.54) is 0 Å². The first-order valence-electron chi connectivity index (χ1n) is 6.55. The Balaban J connectivity index is 2.29. The minimum absolute atomic E-state index is 0.434. The van der Waals surface area contributed by atoms with E-state index in [1.54, 1.807) is 12.1 Å². The average molecular weight is 297 g/mol. The van der Waals surface area contributed by atoms with Gasteiger partial charge in [0.1, 0.15) is 11.2 Å². The van der Waals surface area contributed by atoms with Crippen LogP contribution in [0.25, 0.3) is 32.7 Å². The second kappa shape index (κ2) is 4.50. The number of rotatable bonds is 1. The lowest BCUT2D eigenvalue weighted by Gasteiger charge is -2.06. The quantitative estimate of drug-likeness (QED) is 0.531. The SMILES string of the molecule is OB(O)c1cc2oc3ccc(Cl)cc3c2c2ccccc12. The lowest BCUT2D eigenvalue weighted by molar-refractivity contribution is 0.426. The second-order valence-corrected chi connectivity index (χ2v) is 5.44. The fourth-order valence-electron chi connectivity index (χ4n) is 2.85. The van der Waals surface area contributed by atoms with Gasteiger partial charge in [0.15, 0.2) is 0 Å². The summed E-state index contributed by atoms with van der Waals surface area (Å²) in [5, 5.41) is 23.4. The number of halogens is 1. The van der Waals surface area contributed by atoms with Gasteiger partial charge in [-0.1, -0.05) is 35.9 Å². The van der Waals surface area contributed by atoms with Crippen molar-refractivity contribution in [3.8, 4) is 0 Å². The Bertz CT molecular complexity index is 991. The Labute approximate surface area is 125 Å². The maximum Gasteiger partial charge on any atom is 0.489 e. The molecule has 0 spiro atoms. The van der Waals surface area contributed by atoms with E-state index in [2.05, 4.69) is 0 Å². The summed E-state index contributed by atoms with van der Waals surface area (Å²) in [6, 6.07) is 14.7. The molecule has 0 aliphatic rings. The van der Waals surface area contributed by atoms with Gasteiger partial charge in [0.2, 0.25) is 0 Å². The topological polar surface area (TPSA) is 53.6 Å². The maximum atomic E-state index is 9.59. The highest BCUT2D eigenvalue weighted by Crippen LogP contribution is 2.35. The van der Waals surface area contributed by atoms with Crippen LogP contribution in [0.1, 0.15) is 0 Å². The zero-order valence-electron chi connectivity index (χ0n) is 10.9. The summed E-state index contributed by atoms with van der Waals surface area (Å²) in [6.07, 6.45) is 0. The summed E-state index contributed by atoms with van der Waals surface area (Å²) in [5.41, 5.74) is 1.78. The fraction of sp³-hybridized carbons (Fsp3) is 0. The Kier molecular flexibility index (Phi) is 2.72. The highest BCUT2D eigenvalue weighted by atomic mass is 35.5. The van der Waals surface area contributed by atoms with E-state index >= 15 is 0 Å². The molecule has 0 aliphatic heterocycles. The van der Waals surface area contributed by atoms with Crippen molar-refractivity contribution in [2.24, 2.45) is 0 Å². The molecule has 0 radical (unpaired) electrons. The highest BCUT2D eigenvalue weighted by Gasteiger charge is 2.19. The lowest BCUT2D eigenvalue weighted by Crippen LogP contribution is -2.30. The summed E-state index contributed by atoms with van der Waals surface area (Å²) in [5.74, 6) is 0. The van der Waals surface area contributed by atoms with Crippen molar-refractivity contribution >= 4 is 56.9 Å². The smallest absolute Gasteiger partial charge is 0.456 e. The number of benzene rings is 3. The molecular weight excluding hydrogens is 286 g/mol. The van der Waals surface area contributed by atoms with Crippen molar-refractivity contribution in [3.63, 3.8) is 0 Å². The van der Waals surface area contributed by atoms with Gasteiger partial charge in [0.05, 0.1) is 0 Å². The van der Waals surface area contributed by atoms with Crippen molar-refractivity contribution in [3.05, 3.63) is 53.6 Å². The maximum absolute atomic E-state index is 9.59. The van der Waals surface area contributed by atoms with Gasteiger partial charge < -0.3 is 14.5 Å². The Morgan fingerprint density at radius 1 is 0.857 bits per heavy atom. The van der Waals surface area contributed by atoms with Gasteiger partial charge in [-0.3, -0.25) is 0 Å². The summed E-state index contributed by atoms with van der Waals surface area (Å²) < 4.78 is 5.83. The van der Waals surface area contributed by atoms with Crippen LogP contribution < -0.4 is 5.46 Å². The molecule has 1 heterocycles.